The van der Waals surface area contributed by atoms with E-state index in [0.717, 1.165) is 12.8 Å². The zero-order chi connectivity index (χ0) is 14.4. The minimum atomic E-state index is -0.255. The summed E-state index contributed by atoms with van der Waals surface area (Å²) in [4.78, 5) is 23.8. The number of hydrogen-bond donors (Lipinski definition) is 2. The maximum absolute atomic E-state index is 12.1. The number of hydrogen-bond acceptors (Lipinski definition) is 2. The lowest BCUT2D eigenvalue weighted by atomic mass is 10.1. The molecule has 2 rings (SSSR count). The van der Waals surface area contributed by atoms with Crippen molar-refractivity contribution in [2.24, 2.45) is 0 Å². The molecule has 20 heavy (non-hydrogen) atoms. The number of allylic oxidation sites excluding steroid dienone is 3. The van der Waals surface area contributed by atoms with Gasteiger partial charge in [0.2, 0.25) is 5.91 Å². The predicted octanol–water partition coefficient (Wildman–Crippen LogP) is 2.65. The Balaban J connectivity index is 2.06. The van der Waals surface area contributed by atoms with Gasteiger partial charge in [-0.2, -0.15) is 0 Å². The van der Waals surface area contributed by atoms with Gasteiger partial charge < -0.3 is 10.6 Å². The first kappa shape index (κ1) is 14.1. The van der Waals surface area contributed by atoms with E-state index in [4.69, 9.17) is 0 Å². The summed E-state index contributed by atoms with van der Waals surface area (Å²) >= 11 is 0. The molecule has 104 valence electrons. The molecule has 0 aromatic heterocycles. The fraction of sp³-hybridized carbons (Fsp3) is 0.250. The highest BCUT2D eigenvalue weighted by molar-refractivity contribution is 6.06. The predicted molar refractivity (Wildman–Crippen MR) is 79.5 cm³/mol. The molecular weight excluding hydrogens is 252 g/mol. The lowest BCUT2D eigenvalue weighted by Gasteiger charge is -2.09. The minimum Gasteiger partial charge on any atom is -0.349 e. The second-order valence-electron chi connectivity index (χ2n) is 4.67. The molecule has 4 nitrogen and oxygen atoms in total. The van der Waals surface area contributed by atoms with E-state index < -0.39 is 0 Å². The topological polar surface area (TPSA) is 58.2 Å². The molecule has 0 spiro atoms. The van der Waals surface area contributed by atoms with Crippen molar-refractivity contribution >= 4 is 17.5 Å². The molecule has 1 fully saturated rings. The van der Waals surface area contributed by atoms with Crippen molar-refractivity contribution in [1.82, 2.24) is 5.32 Å². The van der Waals surface area contributed by atoms with E-state index in [1.165, 1.54) is 6.08 Å². The summed E-state index contributed by atoms with van der Waals surface area (Å²) in [7, 11) is 0. The van der Waals surface area contributed by atoms with Gasteiger partial charge in [0, 0.05) is 12.1 Å². The van der Waals surface area contributed by atoms with Gasteiger partial charge in [-0.25, -0.2) is 0 Å². The summed E-state index contributed by atoms with van der Waals surface area (Å²) in [5.41, 5.74) is 1.02. The number of benzene rings is 1. The molecule has 2 N–H and O–H groups in total. The number of carbonyl (C=O) groups excluding carboxylic acids is 2. The van der Waals surface area contributed by atoms with E-state index >= 15 is 0 Å². The van der Waals surface area contributed by atoms with E-state index in [9.17, 15) is 9.59 Å². The van der Waals surface area contributed by atoms with Crippen LogP contribution in [-0.2, 0) is 4.79 Å². The van der Waals surface area contributed by atoms with Gasteiger partial charge >= 0.3 is 0 Å². The highest BCUT2D eigenvalue weighted by atomic mass is 16.2. The molecule has 0 unspecified atom stereocenters. The van der Waals surface area contributed by atoms with Crippen LogP contribution >= 0.6 is 0 Å². The smallest absolute Gasteiger partial charge is 0.253 e. The average molecular weight is 270 g/mol. The Kier molecular flexibility index (Phi) is 4.71. The SMILES string of the molecule is C/C=C/C=C/C(=O)Nc1ccccc1C(=O)NC1CC1. The van der Waals surface area contributed by atoms with Crippen LogP contribution in [0.15, 0.2) is 48.6 Å². The second kappa shape index (κ2) is 6.70. The van der Waals surface area contributed by atoms with Crippen LogP contribution in [0, 0.1) is 0 Å². The Morgan fingerprint density at radius 3 is 2.65 bits per heavy atom. The van der Waals surface area contributed by atoms with E-state index in [-0.39, 0.29) is 11.8 Å². The average Bonchev–Trinajstić information content (AvgIpc) is 3.23. The van der Waals surface area contributed by atoms with Crippen molar-refractivity contribution in [2.45, 2.75) is 25.8 Å². The molecule has 1 aliphatic rings. The van der Waals surface area contributed by atoms with Gasteiger partial charge in [-0.05, 0) is 31.9 Å². The molecule has 0 atom stereocenters. The summed E-state index contributed by atoms with van der Waals surface area (Å²) in [6.07, 6.45) is 8.75. The summed E-state index contributed by atoms with van der Waals surface area (Å²) in [6.45, 7) is 1.87. The molecule has 0 radical (unpaired) electrons. The standard InChI is InChI=1S/C16H18N2O2/c1-2-3-4-9-15(19)18-14-8-6-5-7-13(14)16(20)17-12-10-11-12/h2-9,12H,10-11H2,1H3,(H,17,20)(H,18,19)/b3-2+,9-4+. The third-order valence-corrected chi connectivity index (χ3v) is 2.89. The second-order valence-corrected chi connectivity index (χ2v) is 4.67. The van der Waals surface area contributed by atoms with Gasteiger partial charge in [-0.3, -0.25) is 9.59 Å². The first-order valence-electron chi connectivity index (χ1n) is 6.71. The minimum absolute atomic E-state index is 0.138. The number of nitrogens with one attached hydrogen (secondary N) is 2. The molecule has 1 aliphatic carbocycles. The van der Waals surface area contributed by atoms with Gasteiger partial charge in [0.1, 0.15) is 0 Å². The van der Waals surface area contributed by atoms with Crippen LogP contribution in [0.2, 0.25) is 0 Å². The Hall–Kier alpha value is -2.36. The van der Waals surface area contributed by atoms with Crippen LogP contribution < -0.4 is 10.6 Å². The number of anilines is 1. The van der Waals surface area contributed by atoms with Gasteiger partial charge in [0.15, 0.2) is 0 Å². The fourth-order valence-electron chi connectivity index (χ4n) is 1.71. The van der Waals surface area contributed by atoms with Crippen molar-refractivity contribution in [3.8, 4) is 0 Å². The molecular formula is C16H18N2O2. The van der Waals surface area contributed by atoms with Gasteiger partial charge in [-0.1, -0.05) is 30.4 Å². The first-order valence-corrected chi connectivity index (χ1v) is 6.71. The van der Waals surface area contributed by atoms with Crippen LogP contribution in [-0.4, -0.2) is 17.9 Å². The molecule has 1 saturated carbocycles. The molecule has 1 aromatic carbocycles. The van der Waals surface area contributed by atoms with Crippen LogP contribution in [0.5, 0.6) is 0 Å². The van der Waals surface area contributed by atoms with E-state index in [1.54, 1.807) is 36.4 Å². The quantitative estimate of drug-likeness (QED) is 0.638. The summed E-state index contributed by atoms with van der Waals surface area (Å²) in [5, 5.41) is 5.64. The molecule has 2 amide bonds. The van der Waals surface area contributed by atoms with Crippen LogP contribution in [0.4, 0.5) is 5.69 Å². The Bertz CT molecular complexity index is 557. The fourth-order valence-corrected chi connectivity index (χ4v) is 1.71. The Labute approximate surface area is 118 Å². The first-order chi connectivity index (χ1) is 9.70. The molecule has 1 aromatic rings. The van der Waals surface area contributed by atoms with E-state index in [2.05, 4.69) is 10.6 Å². The van der Waals surface area contributed by atoms with Crippen LogP contribution in [0.1, 0.15) is 30.1 Å². The summed E-state index contributed by atoms with van der Waals surface area (Å²) in [6, 6.07) is 7.30. The van der Waals surface area contributed by atoms with Gasteiger partial charge in [0.05, 0.1) is 11.3 Å². The maximum Gasteiger partial charge on any atom is 0.253 e. The summed E-state index contributed by atoms with van der Waals surface area (Å²) < 4.78 is 0. The van der Waals surface area contributed by atoms with E-state index in [0.29, 0.717) is 17.3 Å². The highest BCUT2D eigenvalue weighted by Crippen LogP contribution is 2.21. The van der Waals surface area contributed by atoms with Crippen LogP contribution in [0.3, 0.4) is 0 Å². The van der Waals surface area contributed by atoms with Gasteiger partial charge in [0.25, 0.3) is 5.91 Å². The van der Waals surface area contributed by atoms with E-state index in [1.807, 2.05) is 13.0 Å². The largest absolute Gasteiger partial charge is 0.349 e. The van der Waals surface area contributed by atoms with Gasteiger partial charge in [-0.15, -0.1) is 0 Å². The summed E-state index contributed by atoms with van der Waals surface area (Å²) in [5.74, 6) is -0.393. The number of rotatable bonds is 5. The third-order valence-electron chi connectivity index (χ3n) is 2.89. The lowest BCUT2D eigenvalue weighted by Crippen LogP contribution is -2.26. The van der Waals surface area contributed by atoms with Crippen molar-refractivity contribution in [3.05, 3.63) is 54.1 Å². The molecule has 0 bridgehead atoms. The highest BCUT2D eigenvalue weighted by Gasteiger charge is 2.24. The molecule has 0 saturated heterocycles. The van der Waals surface area contributed by atoms with Crippen molar-refractivity contribution < 1.29 is 9.59 Å². The Morgan fingerprint density at radius 1 is 1.20 bits per heavy atom. The maximum atomic E-state index is 12.1. The molecule has 0 aliphatic heterocycles. The number of amides is 2. The van der Waals surface area contributed by atoms with Crippen molar-refractivity contribution in [2.75, 3.05) is 5.32 Å². The zero-order valence-electron chi connectivity index (χ0n) is 11.4. The molecule has 4 heteroatoms. The molecule has 0 heterocycles. The third kappa shape index (κ3) is 4.09. The normalized spacial score (nSPS) is 14.7. The van der Waals surface area contributed by atoms with Crippen molar-refractivity contribution in [3.63, 3.8) is 0 Å². The lowest BCUT2D eigenvalue weighted by molar-refractivity contribution is -0.111. The zero-order valence-corrected chi connectivity index (χ0v) is 11.4. The van der Waals surface area contributed by atoms with Crippen molar-refractivity contribution in [1.29, 1.82) is 0 Å². The number of carbonyl (C=O) groups is 2. The number of para-hydroxylation sites is 1. The van der Waals surface area contributed by atoms with Crippen LogP contribution in [0.25, 0.3) is 0 Å². The Morgan fingerprint density at radius 2 is 1.95 bits per heavy atom. The monoisotopic (exact) mass is 270 g/mol.